The van der Waals surface area contributed by atoms with Crippen LogP contribution >= 0.6 is 34.8 Å². The molecule has 7 nitrogen and oxygen atoms in total. The van der Waals surface area contributed by atoms with E-state index in [1.807, 2.05) is 0 Å². The van der Waals surface area contributed by atoms with Gasteiger partial charge in [0.1, 0.15) is 27.4 Å². The van der Waals surface area contributed by atoms with Crippen LogP contribution in [0, 0.1) is 29.3 Å². The van der Waals surface area contributed by atoms with Crippen molar-refractivity contribution >= 4 is 75.4 Å². The summed E-state index contributed by atoms with van der Waals surface area (Å²) in [5.41, 5.74) is -3.33. The summed E-state index contributed by atoms with van der Waals surface area (Å²) in [5, 5.41) is 6.64. The topological polar surface area (TPSA) is 104 Å². The van der Waals surface area contributed by atoms with E-state index in [4.69, 9.17) is 34.8 Å². The van der Waals surface area contributed by atoms with E-state index in [0.717, 1.165) is 24.3 Å². The van der Waals surface area contributed by atoms with Gasteiger partial charge >= 0.3 is 6.18 Å². The Bertz CT molecular complexity index is 1790. The molecule has 2 aliphatic rings. The zero-order chi connectivity index (χ0) is 33.7. The average molecular weight is 707 g/mol. The molecule has 0 saturated heterocycles. The molecule has 0 aliphatic heterocycles. The summed E-state index contributed by atoms with van der Waals surface area (Å²) in [5.74, 6) is -9.81. The van der Waals surface area contributed by atoms with Crippen molar-refractivity contribution < 1.29 is 45.5 Å². The van der Waals surface area contributed by atoms with Crippen LogP contribution in [0.1, 0.15) is 46.7 Å². The number of hydrogen-bond donors (Lipinski definition) is 3. The third-order valence-electron chi connectivity index (χ3n) is 7.67. The first-order chi connectivity index (χ1) is 21.5. The lowest BCUT2D eigenvalue weighted by molar-refractivity contribution is -0.140. The van der Waals surface area contributed by atoms with Gasteiger partial charge in [-0.2, -0.15) is 13.2 Å². The normalized spacial score (nSPS) is 20.3. The van der Waals surface area contributed by atoms with Gasteiger partial charge in [-0.05, 0) is 54.4 Å². The van der Waals surface area contributed by atoms with E-state index in [1.54, 1.807) is 0 Å². The van der Waals surface area contributed by atoms with Crippen molar-refractivity contribution in [2.75, 3.05) is 16.0 Å². The van der Waals surface area contributed by atoms with Crippen molar-refractivity contribution in [2.24, 2.45) is 11.8 Å². The molecule has 46 heavy (non-hydrogen) atoms. The number of ketones is 1. The number of Topliss-reactive ketones (excluding diaryl/α,β-unsaturated/α-hetero) is 1. The molecule has 3 N–H and O–H groups in total. The van der Waals surface area contributed by atoms with Crippen molar-refractivity contribution in [2.45, 2.75) is 35.7 Å². The molecular weight excluding hydrogens is 687 g/mol. The summed E-state index contributed by atoms with van der Waals surface area (Å²) in [6, 6.07) is 7.49. The van der Waals surface area contributed by atoms with Crippen LogP contribution in [0.3, 0.4) is 0 Å². The van der Waals surface area contributed by atoms with Crippen molar-refractivity contribution in [1.82, 2.24) is 0 Å². The van der Waals surface area contributed by atoms with Crippen LogP contribution in [-0.2, 0) is 20.6 Å². The molecule has 3 amide bonds. The van der Waals surface area contributed by atoms with Crippen LogP contribution in [0.2, 0.25) is 5.02 Å². The lowest BCUT2D eigenvalue weighted by atomic mass is 10.0. The van der Waals surface area contributed by atoms with E-state index in [-0.39, 0.29) is 46.9 Å². The molecule has 2 saturated carbocycles. The second-order valence-corrected chi connectivity index (χ2v) is 12.6. The highest BCUT2D eigenvalue weighted by molar-refractivity contribution is 6.53. The minimum absolute atomic E-state index is 0.0249. The van der Waals surface area contributed by atoms with E-state index in [0.29, 0.717) is 12.1 Å². The number of hydrogen-bond acceptors (Lipinski definition) is 4. The zero-order valence-corrected chi connectivity index (χ0v) is 25.3. The molecule has 2 fully saturated rings. The second-order valence-electron chi connectivity index (χ2n) is 10.8. The van der Waals surface area contributed by atoms with Gasteiger partial charge < -0.3 is 16.0 Å². The molecule has 3 atom stereocenters. The lowest BCUT2D eigenvalue weighted by Gasteiger charge is -2.15. The number of benzene rings is 3. The second kappa shape index (κ2) is 12.4. The number of halogens is 9. The summed E-state index contributed by atoms with van der Waals surface area (Å²) in [6.45, 7) is 0. The molecule has 242 valence electrons. The Balaban J connectivity index is 1.31. The van der Waals surface area contributed by atoms with E-state index >= 15 is 4.39 Å². The fourth-order valence-electron chi connectivity index (χ4n) is 5.23. The Labute approximate surface area is 271 Å². The van der Waals surface area contributed by atoms with Crippen LogP contribution in [0.5, 0.6) is 0 Å². The number of anilines is 3. The minimum atomic E-state index is -5.00. The summed E-state index contributed by atoms with van der Waals surface area (Å²) >= 11 is 18.6. The zero-order valence-electron chi connectivity index (χ0n) is 23.0. The number of alkyl halides is 5. The first kappa shape index (κ1) is 33.6. The Hall–Kier alpha value is -3.81. The van der Waals surface area contributed by atoms with Crippen molar-refractivity contribution in [3.05, 3.63) is 87.7 Å². The first-order valence-electron chi connectivity index (χ1n) is 13.5. The monoisotopic (exact) mass is 705 g/mol. The number of rotatable bonds is 7. The molecule has 5 rings (SSSR count). The maximum atomic E-state index is 15.2. The molecule has 0 radical (unpaired) electrons. The predicted octanol–water partition coefficient (Wildman–Crippen LogP) is 7.86. The molecule has 1 unspecified atom stereocenters. The Morgan fingerprint density at radius 3 is 2.22 bits per heavy atom. The summed E-state index contributed by atoms with van der Waals surface area (Å²) < 4.78 is 81.2. The molecule has 0 spiro atoms. The number of nitrogens with one attached hydrogen (secondary N) is 3. The van der Waals surface area contributed by atoms with E-state index in [2.05, 4.69) is 16.0 Å². The number of carbonyl (C=O) groups is 4. The van der Waals surface area contributed by atoms with Gasteiger partial charge in [0.25, 0.3) is 5.91 Å². The molecule has 0 bridgehead atoms. The Morgan fingerprint density at radius 1 is 0.870 bits per heavy atom. The van der Waals surface area contributed by atoms with Gasteiger partial charge in [0, 0.05) is 30.4 Å². The highest BCUT2D eigenvalue weighted by Gasteiger charge is 2.67. The summed E-state index contributed by atoms with van der Waals surface area (Å²) in [6.07, 6.45) is -4.65. The van der Waals surface area contributed by atoms with Crippen LogP contribution in [0.4, 0.5) is 43.4 Å². The molecule has 16 heteroatoms. The van der Waals surface area contributed by atoms with E-state index < -0.39 is 80.4 Å². The van der Waals surface area contributed by atoms with Gasteiger partial charge in [-0.3, -0.25) is 19.2 Å². The molecule has 3 aromatic carbocycles. The Kier molecular flexibility index (Phi) is 9.06. The third kappa shape index (κ3) is 6.67. The fourth-order valence-corrected chi connectivity index (χ4v) is 6.27. The standard InChI is InChI=1S/C30H20Cl3F6N3O4/c31-18-5-3-14(40-28(46)23-22(29(23,32)33)12-2-6-19(34)17(10-12)30(37,38)39)11-16(18)27(45)41-21-8-7-20(35)25(24(21)36)42-26(44)13-1-4-15(43)9-13/h2-3,5-8,10-11,13,22-23H,1,4,9H2,(H,40,46)(H,41,45)(H,42,44)/t13?,22-,23+/m0/s1. The van der Waals surface area contributed by atoms with Gasteiger partial charge in [0.2, 0.25) is 11.8 Å². The highest BCUT2D eigenvalue weighted by atomic mass is 35.5. The molecule has 2 aliphatic carbocycles. The van der Waals surface area contributed by atoms with Crippen LogP contribution in [0.15, 0.2) is 48.5 Å². The SMILES string of the molecule is O=C1CCC(C(=O)Nc2c(F)ccc(NC(=O)c3cc(NC(=O)[C@H]4[C@H](c5ccc(F)c(C(F)(F)F)c5)C4(Cl)Cl)ccc3Cl)c2F)C1. The van der Waals surface area contributed by atoms with E-state index in [1.165, 1.54) is 12.1 Å². The number of carbonyl (C=O) groups excluding carboxylic acids is 4. The fraction of sp³-hybridized carbons (Fsp3) is 0.267. The van der Waals surface area contributed by atoms with Gasteiger partial charge in [0.05, 0.1) is 27.8 Å². The molecular formula is C30H20Cl3F6N3O4. The molecule has 3 aromatic rings. The maximum absolute atomic E-state index is 15.2. The lowest BCUT2D eigenvalue weighted by Crippen LogP contribution is -2.23. The average Bonchev–Trinajstić information content (AvgIpc) is 3.29. The van der Waals surface area contributed by atoms with Crippen molar-refractivity contribution in [1.29, 1.82) is 0 Å². The third-order valence-corrected chi connectivity index (χ3v) is 8.94. The number of amides is 3. The van der Waals surface area contributed by atoms with Gasteiger partial charge in [-0.15, -0.1) is 23.2 Å². The van der Waals surface area contributed by atoms with Gasteiger partial charge in [0.15, 0.2) is 5.82 Å². The van der Waals surface area contributed by atoms with Crippen LogP contribution < -0.4 is 16.0 Å². The maximum Gasteiger partial charge on any atom is 0.419 e. The quantitative estimate of drug-likeness (QED) is 0.172. The highest BCUT2D eigenvalue weighted by Crippen LogP contribution is 2.65. The van der Waals surface area contributed by atoms with E-state index in [9.17, 15) is 41.1 Å². The van der Waals surface area contributed by atoms with Crippen molar-refractivity contribution in [3.63, 3.8) is 0 Å². The molecule has 0 aromatic heterocycles. The van der Waals surface area contributed by atoms with Gasteiger partial charge in [-0.1, -0.05) is 17.7 Å². The summed E-state index contributed by atoms with van der Waals surface area (Å²) in [7, 11) is 0. The minimum Gasteiger partial charge on any atom is -0.326 e. The largest absolute Gasteiger partial charge is 0.419 e. The Morgan fingerprint density at radius 2 is 1.57 bits per heavy atom. The summed E-state index contributed by atoms with van der Waals surface area (Å²) in [4.78, 5) is 50.0. The van der Waals surface area contributed by atoms with Crippen LogP contribution in [-0.4, -0.2) is 27.8 Å². The smallest absolute Gasteiger partial charge is 0.326 e. The van der Waals surface area contributed by atoms with Gasteiger partial charge in [-0.25, -0.2) is 13.2 Å². The molecule has 0 heterocycles. The van der Waals surface area contributed by atoms with Crippen LogP contribution in [0.25, 0.3) is 0 Å². The first-order valence-corrected chi connectivity index (χ1v) is 14.6. The predicted molar refractivity (Wildman–Crippen MR) is 157 cm³/mol. The van der Waals surface area contributed by atoms with Crippen molar-refractivity contribution in [3.8, 4) is 0 Å².